The molecule has 4 atom stereocenters. The predicted molar refractivity (Wildman–Crippen MR) is 43.8 cm³/mol. The molecule has 1 fully saturated rings. The third-order valence-electron chi connectivity index (χ3n) is 2.24. The molecule has 0 aromatic heterocycles. The smallest absolute Gasteiger partial charge is 0.195 e. The number of rotatable bonds is 3. The molecule has 0 amide bonds. The van der Waals surface area contributed by atoms with Crippen LogP contribution in [0.1, 0.15) is 21.1 Å². The minimum absolute atomic E-state index is 0.0746. The standard InChI is InChI=1S/C8H16O5/c1-2-3-8(12)7(11)6(10)5(4-9)13-8/h5-7,9-12H,2-4H2,1H3/t5-,6+,7-,8?/m1/s1/i1D. The molecular weight excluding hydrogens is 176 g/mol. The third-order valence-corrected chi connectivity index (χ3v) is 2.24. The van der Waals surface area contributed by atoms with Crippen LogP contribution >= 0.6 is 0 Å². The third kappa shape index (κ3) is 1.84. The Hall–Kier alpha value is -0.200. The maximum Gasteiger partial charge on any atom is 0.195 e. The lowest BCUT2D eigenvalue weighted by molar-refractivity contribution is -0.234. The van der Waals surface area contributed by atoms with Crippen LogP contribution in [-0.2, 0) is 4.74 Å². The van der Waals surface area contributed by atoms with E-state index in [-0.39, 0.29) is 13.3 Å². The lowest BCUT2D eigenvalue weighted by atomic mass is 10.0. The quantitative estimate of drug-likeness (QED) is 0.442. The summed E-state index contributed by atoms with van der Waals surface area (Å²) in [7, 11) is 0. The van der Waals surface area contributed by atoms with E-state index in [1.165, 1.54) is 0 Å². The van der Waals surface area contributed by atoms with Gasteiger partial charge in [0.2, 0.25) is 0 Å². The first-order valence-corrected chi connectivity index (χ1v) is 4.21. The summed E-state index contributed by atoms with van der Waals surface area (Å²) in [6.45, 7) is -0.348. The van der Waals surface area contributed by atoms with Crippen molar-refractivity contribution in [1.82, 2.24) is 0 Å². The summed E-state index contributed by atoms with van der Waals surface area (Å²) in [5, 5.41) is 37.3. The summed E-state index contributed by atoms with van der Waals surface area (Å²) in [6.07, 6.45) is -3.23. The highest BCUT2D eigenvalue weighted by Gasteiger charge is 2.52. The first kappa shape index (κ1) is 9.36. The van der Waals surface area contributed by atoms with Crippen LogP contribution in [-0.4, -0.2) is 51.1 Å². The van der Waals surface area contributed by atoms with Gasteiger partial charge in [-0.2, -0.15) is 0 Å². The van der Waals surface area contributed by atoms with E-state index in [0.717, 1.165) is 0 Å². The molecule has 0 spiro atoms. The van der Waals surface area contributed by atoms with Crippen molar-refractivity contribution in [3.05, 3.63) is 0 Å². The van der Waals surface area contributed by atoms with Crippen LogP contribution in [0.2, 0.25) is 0 Å². The summed E-state index contributed by atoms with van der Waals surface area (Å²) in [4.78, 5) is 0. The topological polar surface area (TPSA) is 90.2 Å². The lowest BCUT2D eigenvalue weighted by Gasteiger charge is -2.25. The molecule has 1 heterocycles. The van der Waals surface area contributed by atoms with Crippen LogP contribution in [0.4, 0.5) is 0 Å². The Bertz CT molecular complexity index is 191. The number of hydrogen-bond acceptors (Lipinski definition) is 5. The monoisotopic (exact) mass is 193 g/mol. The maximum absolute atomic E-state index is 9.74. The molecule has 5 nitrogen and oxygen atoms in total. The zero-order chi connectivity index (χ0) is 10.8. The van der Waals surface area contributed by atoms with Gasteiger partial charge in [0.1, 0.15) is 18.3 Å². The molecule has 1 aliphatic heterocycles. The zero-order valence-electron chi connectivity index (χ0n) is 8.26. The summed E-state index contributed by atoms with van der Waals surface area (Å²) in [5.74, 6) is -1.83. The van der Waals surface area contributed by atoms with Crippen LogP contribution in [0.5, 0.6) is 0 Å². The van der Waals surface area contributed by atoms with E-state index in [2.05, 4.69) is 0 Å². The van der Waals surface area contributed by atoms with Crippen LogP contribution in [0.25, 0.3) is 0 Å². The van der Waals surface area contributed by atoms with E-state index in [1.54, 1.807) is 0 Å². The molecule has 13 heavy (non-hydrogen) atoms. The molecule has 1 aliphatic rings. The van der Waals surface area contributed by atoms with Crippen LogP contribution in [0.3, 0.4) is 0 Å². The van der Waals surface area contributed by atoms with E-state index in [0.29, 0.717) is 6.42 Å². The fourth-order valence-electron chi connectivity index (χ4n) is 1.48. The van der Waals surface area contributed by atoms with E-state index < -0.39 is 30.7 Å². The van der Waals surface area contributed by atoms with Crippen molar-refractivity contribution >= 4 is 0 Å². The van der Waals surface area contributed by atoms with Gasteiger partial charge in [0, 0.05) is 7.79 Å². The van der Waals surface area contributed by atoms with Gasteiger partial charge in [-0.25, -0.2) is 0 Å². The van der Waals surface area contributed by atoms with Crippen LogP contribution < -0.4 is 0 Å². The van der Waals surface area contributed by atoms with Gasteiger partial charge in [0.25, 0.3) is 0 Å². The summed E-state index contributed by atoms with van der Waals surface area (Å²) in [6, 6.07) is 0. The highest BCUT2D eigenvalue weighted by Crippen LogP contribution is 2.32. The zero-order valence-corrected chi connectivity index (χ0v) is 7.26. The van der Waals surface area contributed by atoms with Crippen molar-refractivity contribution < 1.29 is 26.5 Å². The van der Waals surface area contributed by atoms with Gasteiger partial charge in [-0.15, -0.1) is 0 Å². The molecule has 0 saturated carbocycles. The molecule has 0 aromatic carbocycles. The predicted octanol–water partition coefficient (Wildman–Crippen LogP) is -1.41. The molecule has 0 aromatic rings. The van der Waals surface area contributed by atoms with E-state index in [9.17, 15) is 15.3 Å². The van der Waals surface area contributed by atoms with Gasteiger partial charge >= 0.3 is 0 Å². The molecule has 1 saturated heterocycles. The first-order chi connectivity index (χ1) is 6.55. The van der Waals surface area contributed by atoms with Crippen molar-refractivity contribution in [1.29, 1.82) is 0 Å². The van der Waals surface area contributed by atoms with Gasteiger partial charge in [-0.05, 0) is 0 Å². The lowest BCUT2D eigenvalue weighted by Crippen LogP contribution is -2.42. The van der Waals surface area contributed by atoms with Gasteiger partial charge in [-0.3, -0.25) is 0 Å². The van der Waals surface area contributed by atoms with Gasteiger partial charge in [-0.1, -0.05) is 13.3 Å². The van der Waals surface area contributed by atoms with Gasteiger partial charge in [0.05, 0.1) is 6.61 Å². The Balaban J connectivity index is 2.61. The second-order valence-corrected chi connectivity index (χ2v) is 3.22. The summed E-state index contributed by atoms with van der Waals surface area (Å²) >= 11 is 0. The summed E-state index contributed by atoms with van der Waals surface area (Å²) < 4.78 is 11.9. The van der Waals surface area contributed by atoms with E-state index in [1.807, 2.05) is 0 Å². The Morgan fingerprint density at radius 2 is 2.23 bits per heavy atom. The van der Waals surface area contributed by atoms with Crippen LogP contribution in [0, 0.1) is 0 Å². The van der Waals surface area contributed by atoms with E-state index in [4.69, 9.17) is 11.2 Å². The highest BCUT2D eigenvalue weighted by atomic mass is 16.7. The van der Waals surface area contributed by atoms with Gasteiger partial charge in [0.15, 0.2) is 5.79 Å². The second kappa shape index (κ2) is 3.89. The van der Waals surface area contributed by atoms with Crippen molar-refractivity contribution in [3.63, 3.8) is 0 Å². The van der Waals surface area contributed by atoms with Crippen molar-refractivity contribution in [2.75, 3.05) is 6.61 Å². The molecule has 0 radical (unpaired) electrons. The fourth-order valence-corrected chi connectivity index (χ4v) is 1.48. The molecule has 1 unspecified atom stereocenters. The fraction of sp³-hybridized carbons (Fsp3) is 1.00. The van der Waals surface area contributed by atoms with Crippen molar-refractivity contribution in [3.8, 4) is 0 Å². The first-order valence-electron chi connectivity index (χ1n) is 4.92. The average Bonchev–Trinajstić information content (AvgIpc) is 2.40. The van der Waals surface area contributed by atoms with Crippen molar-refractivity contribution in [2.24, 2.45) is 0 Å². The number of aliphatic hydroxyl groups excluding tert-OH is 3. The largest absolute Gasteiger partial charge is 0.394 e. The molecule has 4 N–H and O–H groups in total. The van der Waals surface area contributed by atoms with Crippen LogP contribution in [0.15, 0.2) is 0 Å². The second-order valence-electron chi connectivity index (χ2n) is 3.22. The van der Waals surface area contributed by atoms with Crippen molar-refractivity contribution in [2.45, 2.75) is 43.8 Å². The molecule has 1 rings (SSSR count). The molecule has 0 bridgehead atoms. The Morgan fingerprint density at radius 1 is 1.54 bits per heavy atom. The summed E-state index contributed by atoms with van der Waals surface area (Å²) in [5.41, 5.74) is 0. The minimum atomic E-state index is -1.83. The Kier molecular flexibility index (Phi) is 2.80. The average molecular weight is 193 g/mol. The molecule has 0 aliphatic carbocycles. The normalized spacial score (nSPS) is 46.5. The Labute approximate surface area is 78.0 Å². The number of aliphatic hydroxyl groups is 4. The molecule has 5 heteroatoms. The minimum Gasteiger partial charge on any atom is -0.394 e. The van der Waals surface area contributed by atoms with E-state index >= 15 is 0 Å². The Morgan fingerprint density at radius 3 is 2.69 bits per heavy atom. The highest BCUT2D eigenvalue weighted by molar-refractivity contribution is 4.94. The molecule has 78 valence electrons. The molecular formula is C8H16O5. The number of ether oxygens (including phenoxy) is 1. The maximum atomic E-state index is 9.74. The number of hydrogen-bond donors (Lipinski definition) is 4. The van der Waals surface area contributed by atoms with Gasteiger partial charge < -0.3 is 25.2 Å². The SMILES string of the molecule is [2H]CCCC1(O)O[C@H](CO)[C@H](O)[C@H]1O.